The number of hydrogen-bond donors (Lipinski definition) is 0. The van der Waals surface area contributed by atoms with Gasteiger partial charge in [-0.15, -0.1) is 0 Å². The van der Waals surface area contributed by atoms with Crippen molar-refractivity contribution in [2.45, 2.75) is 97.4 Å². The molecule has 0 unspecified atom stereocenters. The highest BCUT2D eigenvalue weighted by molar-refractivity contribution is 5.75. The lowest BCUT2D eigenvalue weighted by molar-refractivity contribution is -0.290. The molecule has 4 aromatic rings. The van der Waals surface area contributed by atoms with Gasteiger partial charge in [0.2, 0.25) is 5.95 Å². The van der Waals surface area contributed by atoms with E-state index in [1.54, 1.807) is 30.1 Å². The SMILES string of the molecule is COc1ccc(CN(c2nc(-c3ccc(F)cc3)c(/C=C/[C@@H]3C[C@H](CC(=O)OC(C)(C)C)OC(C)(C)O3)c(C(C)C)n2)c2ccnn2C)cc1. The summed E-state index contributed by atoms with van der Waals surface area (Å²) < 4.78 is 39.3. The molecular formula is C39H48FN5O5. The normalized spacial score (nSPS) is 17.7. The van der Waals surface area contributed by atoms with Gasteiger partial charge in [-0.2, -0.15) is 5.10 Å². The van der Waals surface area contributed by atoms with E-state index in [4.69, 9.17) is 28.9 Å². The first-order valence-electron chi connectivity index (χ1n) is 16.9. The standard InChI is InChI=1S/C39H48FN5O5/c1-25(2)35-32(19-18-30-22-31(49-39(6,7)48-30)23-34(46)50-38(3,4)5)36(27-12-14-28(40)15-13-27)43-37(42-35)45(33-20-21-41-44(33)8)24-26-10-16-29(47-9)17-11-26/h10-21,25,30-31H,22-24H2,1-9H3/b19-18+/t30-,31-/m1/s1. The van der Waals surface area contributed by atoms with Crippen LogP contribution in [0.1, 0.15) is 84.0 Å². The van der Waals surface area contributed by atoms with Crippen molar-refractivity contribution in [3.63, 3.8) is 0 Å². The lowest BCUT2D eigenvalue weighted by atomic mass is 9.96. The summed E-state index contributed by atoms with van der Waals surface area (Å²) in [6, 6.07) is 16.1. The molecule has 1 fully saturated rings. The smallest absolute Gasteiger partial charge is 0.308 e. The molecule has 2 atom stereocenters. The molecule has 0 N–H and O–H groups in total. The highest BCUT2D eigenvalue weighted by Crippen LogP contribution is 2.36. The lowest BCUT2D eigenvalue weighted by Gasteiger charge is -2.39. The Morgan fingerprint density at radius 3 is 2.38 bits per heavy atom. The second kappa shape index (κ2) is 15.1. The zero-order valence-electron chi connectivity index (χ0n) is 30.4. The van der Waals surface area contributed by atoms with E-state index in [0.717, 1.165) is 34.0 Å². The monoisotopic (exact) mass is 685 g/mol. The fraction of sp³-hybridized carbons (Fsp3) is 0.436. The maximum atomic E-state index is 14.2. The Kier molecular flexibility index (Phi) is 11.1. The van der Waals surface area contributed by atoms with E-state index in [9.17, 15) is 9.18 Å². The number of rotatable bonds is 11. The third kappa shape index (κ3) is 9.34. The minimum absolute atomic E-state index is 0.00284. The Hall–Kier alpha value is -4.61. The molecule has 0 radical (unpaired) electrons. The number of aryl methyl sites for hydroxylation is 1. The van der Waals surface area contributed by atoms with E-state index >= 15 is 0 Å². The molecule has 1 aliphatic rings. The van der Waals surface area contributed by atoms with Gasteiger partial charge in [-0.25, -0.2) is 14.4 Å². The van der Waals surface area contributed by atoms with Gasteiger partial charge in [-0.3, -0.25) is 14.4 Å². The van der Waals surface area contributed by atoms with E-state index in [1.165, 1.54) is 12.1 Å². The third-order valence-corrected chi connectivity index (χ3v) is 8.11. The maximum Gasteiger partial charge on any atom is 0.308 e. The molecule has 5 rings (SSSR count). The number of benzene rings is 2. The van der Waals surface area contributed by atoms with Gasteiger partial charge >= 0.3 is 5.97 Å². The van der Waals surface area contributed by atoms with Crippen molar-refractivity contribution >= 4 is 23.8 Å². The highest BCUT2D eigenvalue weighted by atomic mass is 19.1. The molecule has 1 aliphatic heterocycles. The zero-order chi connectivity index (χ0) is 36.2. The number of anilines is 2. The predicted molar refractivity (Wildman–Crippen MR) is 191 cm³/mol. The van der Waals surface area contributed by atoms with Crippen LogP contribution in [0.4, 0.5) is 16.2 Å². The van der Waals surface area contributed by atoms with Crippen LogP contribution in [0, 0.1) is 5.82 Å². The lowest BCUT2D eigenvalue weighted by Crippen LogP contribution is -2.45. The average molecular weight is 686 g/mol. The largest absolute Gasteiger partial charge is 0.497 e. The molecule has 0 saturated carbocycles. The second-order valence-corrected chi connectivity index (χ2v) is 14.3. The zero-order valence-corrected chi connectivity index (χ0v) is 30.4. The number of esters is 1. The Labute approximate surface area is 294 Å². The van der Waals surface area contributed by atoms with E-state index in [2.05, 4.69) is 18.9 Å². The Morgan fingerprint density at radius 2 is 1.78 bits per heavy atom. The molecule has 0 aliphatic carbocycles. The summed E-state index contributed by atoms with van der Waals surface area (Å²) in [4.78, 5) is 25.1. The van der Waals surface area contributed by atoms with Crippen LogP contribution in [-0.4, -0.2) is 56.4 Å². The number of ether oxygens (including phenoxy) is 4. The molecule has 266 valence electrons. The van der Waals surface area contributed by atoms with Gasteiger partial charge in [-0.05, 0) is 82.5 Å². The van der Waals surface area contributed by atoms with Gasteiger partial charge < -0.3 is 18.9 Å². The van der Waals surface area contributed by atoms with Crippen molar-refractivity contribution in [1.82, 2.24) is 19.7 Å². The quantitative estimate of drug-likeness (QED) is 0.145. The second-order valence-electron chi connectivity index (χ2n) is 14.3. The summed E-state index contributed by atoms with van der Waals surface area (Å²) in [7, 11) is 3.52. The maximum absolute atomic E-state index is 14.2. The molecule has 10 nitrogen and oxygen atoms in total. The van der Waals surface area contributed by atoms with E-state index in [0.29, 0.717) is 24.6 Å². The van der Waals surface area contributed by atoms with Crippen molar-refractivity contribution in [1.29, 1.82) is 0 Å². The van der Waals surface area contributed by atoms with Crippen LogP contribution in [0.3, 0.4) is 0 Å². The van der Waals surface area contributed by atoms with Crippen LogP contribution in [0.15, 0.2) is 66.9 Å². The number of aromatic nitrogens is 4. The molecule has 2 aromatic carbocycles. The first kappa shape index (κ1) is 36.7. The number of methoxy groups -OCH3 is 1. The summed E-state index contributed by atoms with van der Waals surface area (Å²) in [5.41, 5.74) is 3.42. The molecule has 0 bridgehead atoms. The van der Waals surface area contributed by atoms with Crippen molar-refractivity contribution in [3.05, 3.63) is 89.5 Å². The highest BCUT2D eigenvalue weighted by Gasteiger charge is 2.36. The van der Waals surface area contributed by atoms with Gasteiger partial charge in [-0.1, -0.05) is 38.1 Å². The molecule has 11 heteroatoms. The summed E-state index contributed by atoms with van der Waals surface area (Å²) in [5, 5.41) is 4.43. The Morgan fingerprint density at radius 1 is 1.08 bits per heavy atom. The Balaban J connectivity index is 1.57. The first-order valence-corrected chi connectivity index (χ1v) is 16.9. The molecule has 0 spiro atoms. The van der Waals surface area contributed by atoms with Crippen LogP contribution < -0.4 is 9.64 Å². The van der Waals surface area contributed by atoms with Gasteiger partial charge in [0, 0.05) is 30.7 Å². The minimum Gasteiger partial charge on any atom is -0.497 e. The fourth-order valence-corrected chi connectivity index (χ4v) is 5.99. The van der Waals surface area contributed by atoms with Gasteiger partial charge in [0.05, 0.1) is 49.9 Å². The van der Waals surface area contributed by atoms with Crippen LogP contribution in [-0.2, 0) is 32.6 Å². The molecule has 50 heavy (non-hydrogen) atoms. The first-order chi connectivity index (χ1) is 23.6. The summed E-state index contributed by atoms with van der Waals surface area (Å²) in [6.07, 6.45) is 5.50. The van der Waals surface area contributed by atoms with Crippen molar-refractivity contribution in [3.8, 4) is 17.0 Å². The topological polar surface area (TPSA) is 101 Å². The number of hydrogen-bond acceptors (Lipinski definition) is 9. The molecule has 1 saturated heterocycles. The van der Waals surface area contributed by atoms with Gasteiger partial charge in [0.1, 0.15) is 23.0 Å². The van der Waals surface area contributed by atoms with Crippen molar-refractivity contribution in [2.75, 3.05) is 12.0 Å². The molecular weight excluding hydrogens is 637 g/mol. The van der Waals surface area contributed by atoms with Crippen LogP contribution in [0.5, 0.6) is 5.75 Å². The van der Waals surface area contributed by atoms with Gasteiger partial charge in [0.15, 0.2) is 5.79 Å². The van der Waals surface area contributed by atoms with E-state index in [1.807, 2.05) is 89.1 Å². The molecule has 0 amide bonds. The Bertz CT molecular complexity index is 1800. The van der Waals surface area contributed by atoms with Crippen molar-refractivity contribution in [2.24, 2.45) is 7.05 Å². The van der Waals surface area contributed by atoms with Crippen LogP contribution >= 0.6 is 0 Å². The van der Waals surface area contributed by atoms with E-state index < -0.39 is 17.5 Å². The third-order valence-electron chi connectivity index (χ3n) is 8.11. The predicted octanol–water partition coefficient (Wildman–Crippen LogP) is 8.14. The van der Waals surface area contributed by atoms with Crippen LogP contribution in [0.25, 0.3) is 17.3 Å². The van der Waals surface area contributed by atoms with Crippen LogP contribution in [0.2, 0.25) is 0 Å². The summed E-state index contributed by atoms with van der Waals surface area (Å²) >= 11 is 0. The average Bonchev–Trinajstić information content (AvgIpc) is 3.46. The minimum atomic E-state index is -0.925. The summed E-state index contributed by atoms with van der Waals surface area (Å²) in [6.45, 7) is 13.8. The van der Waals surface area contributed by atoms with Crippen molar-refractivity contribution < 1.29 is 28.1 Å². The number of nitrogens with zero attached hydrogens (tertiary/aromatic N) is 5. The van der Waals surface area contributed by atoms with E-state index in [-0.39, 0.29) is 30.2 Å². The molecule has 2 aromatic heterocycles. The molecule has 3 heterocycles. The summed E-state index contributed by atoms with van der Waals surface area (Å²) in [5.74, 6) is 0.461. The number of halogens is 1. The van der Waals surface area contributed by atoms with Gasteiger partial charge in [0.25, 0.3) is 0 Å². The number of carbonyl (C=O) groups is 1. The number of carbonyl (C=O) groups excluding carboxylic acids is 1. The fourth-order valence-electron chi connectivity index (χ4n) is 5.99.